The van der Waals surface area contributed by atoms with Crippen molar-refractivity contribution in [2.24, 2.45) is 5.92 Å². The molecule has 0 bridgehead atoms. The Morgan fingerprint density at radius 3 is 2.38 bits per heavy atom. The van der Waals surface area contributed by atoms with Gasteiger partial charge in [0.05, 0.1) is 0 Å². The number of benzene rings is 1. The van der Waals surface area contributed by atoms with E-state index in [-0.39, 0.29) is 0 Å². The zero-order valence-electron chi connectivity index (χ0n) is 8.46. The van der Waals surface area contributed by atoms with Crippen molar-refractivity contribution in [3.8, 4) is 0 Å². The molecule has 0 saturated heterocycles. The van der Waals surface area contributed by atoms with Crippen molar-refractivity contribution >= 4 is 5.69 Å². The molecule has 1 nitrogen and oxygen atoms in total. The lowest BCUT2D eigenvalue weighted by molar-refractivity contribution is 0.787. The lowest BCUT2D eigenvalue weighted by atomic mass is 10.2. The predicted molar refractivity (Wildman–Crippen MR) is 57.2 cm³/mol. The second kappa shape index (κ2) is 3.41. The number of rotatable bonds is 3. The zero-order valence-corrected chi connectivity index (χ0v) is 8.46. The highest BCUT2D eigenvalue weighted by molar-refractivity contribution is 5.46. The highest BCUT2D eigenvalue weighted by Crippen LogP contribution is 2.30. The fraction of sp³-hybridized carbons (Fsp3) is 0.500. The monoisotopic (exact) mass is 175 g/mol. The number of anilines is 1. The van der Waals surface area contributed by atoms with Gasteiger partial charge in [-0.05, 0) is 37.8 Å². The third kappa shape index (κ3) is 2.24. The number of aryl methyl sites for hydroxylation is 1. The van der Waals surface area contributed by atoms with Gasteiger partial charge in [-0.15, -0.1) is 0 Å². The maximum absolute atomic E-state index is 2.36. The number of nitrogens with zero attached hydrogens (tertiary/aromatic N) is 1. The standard InChI is InChI=1S/C12H17N/c1-10-3-7-12(8-4-10)13(2)9-11-5-6-11/h3-4,7-8,11H,5-6,9H2,1-2H3. The SMILES string of the molecule is Cc1ccc(N(C)CC2CC2)cc1. The highest BCUT2D eigenvalue weighted by atomic mass is 15.1. The van der Waals surface area contributed by atoms with Gasteiger partial charge in [-0.2, -0.15) is 0 Å². The Hall–Kier alpha value is -0.980. The molecule has 1 fully saturated rings. The molecule has 0 radical (unpaired) electrons. The molecular formula is C12H17N. The topological polar surface area (TPSA) is 3.24 Å². The van der Waals surface area contributed by atoms with Crippen molar-refractivity contribution in [3.63, 3.8) is 0 Å². The van der Waals surface area contributed by atoms with E-state index in [2.05, 4.69) is 43.1 Å². The van der Waals surface area contributed by atoms with E-state index in [4.69, 9.17) is 0 Å². The molecule has 70 valence electrons. The quantitative estimate of drug-likeness (QED) is 0.682. The summed E-state index contributed by atoms with van der Waals surface area (Å²) < 4.78 is 0. The average molecular weight is 175 g/mol. The van der Waals surface area contributed by atoms with Gasteiger partial charge in [-0.1, -0.05) is 17.7 Å². The van der Waals surface area contributed by atoms with Crippen LogP contribution in [0.25, 0.3) is 0 Å². The van der Waals surface area contributed by atoms with Gasteiger partial charge >= 0.3 is 0 Å². The summed E-state index contributed by atoms with van der Waals surface area (Å²) in [4.78, 5) is 2.36. The van der Waals surface area contributed by atoms with Crippen LogP contribution in [0.5, 0.6) is 0 Å². The molecule has 0 aliphatic heterocycles. The molecule has 2 rings (SSSR count). The van der Waals surface area contributed by atoms with Crippen molar-refractivity contribution < 1.29 is 0 Å². The Kier molecular flexibility index (Phi) is 2.26. The largest absolute Gasteiger partial charge is 0.374 e. The fourth-order valence-corrected chi connectivity index (χ4v) is 1.59. The van der Waals surface area contributed by atoms with Crippen molar-refractivity contribution in [2.45, 2.75) is 19.8 Å². The van der Waals surface area contributed by atoms with Crippen LogP contribution in [0.3, 0.4) is 0 Å². The molecule has 1 aromatic carbocycles. The van der Waals surface area contributed by atoms with Gasteiger partial charge in [0.15, 0.2) is 0 Å². The molecule has 1 heteroatoms. The van der Waals surface area contributed by atoms with Crippen LogP contribution in [0.4, 0.5) is 5.69 Å². The molecule has 0 heterocycles. The maximum Gasteiger partial charge on any atom is 0.0363 e. The summed E-state index contributed by atoms with van der Waals surface area (Å²) in [6, 6.07) is 8.77. The lowest BCUT2D eigenvalue weighted by Gasteiger charge is -2.18. The average Bonchev–Trinajstić information content (AvgIpc) is 2.89. The molecule has 13 heavy (non-hydrogen) atoms. The van der Waals surface area contributed by atoms with Crippen LogP contribution in [0, 0.1) is 12.8 Å². The van der Waals surface area contributed by atoms with Gasteiger partial charge in [0.25, 0.3) is 0 Å². The number of hydrogen-bond donors (Lipinski definition) is 0. The first-order valence-electron chi connectivity index (χ1n) is 5.03. The third-order valence-corrected chi connectivity index (χ3v) is 2.70. The third-order valence-electron chi connectivity index (χ3n) is 2.70. The summed E-state index contributed by atoms with van der Waals surface area (Å²) in [5.41, 5.74) is 2.68. The summed E-state index contributed by atoms with van der Waals surface area (Å²) in [6.07, 6.45) is 2.85. The van der Waals surface area contributed by atoms with Crippen molar-refractivity contribution in [1.29, 1.82) is 0 Å². The Bertz CT molecular complexity index is 272. The summed E-state index contributed by atoms with van der Waals surface area (Å²) in [7, 11) is 2.18. The molecule has 0 spiro atoms. The smallest absolute Gasteiger partial charge is 0.0363 e. The molecule has 0 unspecified atom stereocenters. The van der Waals surface area contributed by atoms with E-state index in [0.717, 1.165) is 5.92 Å². The van der Waals surface area contributed by atoms with Gasteiger partial charge < -0.3 is 4.90 Å². The van der Waals surface area contributed by atoms with Crippen molar-refractivity contribution in [2.75, 3.05) is 18.5 Å². The van der Waals surface area contributed by atoms with Crippen LogP contribution in [0.1, 0.15) is 18.4 Å². The van der Waals surface area contributed by atoms with Crippen LogP contribution in [0.15, 0.2) is 24.3 Å². The first kappa shape index (κ1) is 8.61. The van der Waals surface area contributed by atoms with Gasteiger partial charge in [0.1, 0.15) is 0 Å². The molecule has 1 aliphatic rings. The van der Waals surface area contributed by atoms with E-state index in [1.54, 1.807) is 0 Å². The fourth-order valence-electron chi connectivity index (χ4n) is 1.59. The molecule has 1 saturated carbocycles. The minimum atomic E-state index is 0.964. The Balaban J connectivity index is 2.01. The van der Waals surface area contributed by atoms with Gasteiger partial charge in [0.2, 0.25) is 0 Å². The summed E-state index contributed by atoms with van der Waals surface area (Å²) in [5, 5.41) is 0. The summed E-state index contributed by atoms with van der Waals surface area (Å²) in [5.74, 6) is 0.964. The number of hydrogen-bond acceptors (Lipinski definition) is 1. The van der Waals surface area contributed by atoms with E-state index >= 15 is 0 Å². The molecule has 0 aromatic heterocycles. The van der Waals surface area contributed by atoms with E-state index < -0.39 is 0 Å². The molecule has 1 aromatic rings. The van der Waals surface area contributed by atoms with Crippen LogP contribution in [0.2, 0.25) is 0 Å². The summed E-state index contributed by atoms with van der Waals surface area (Å²) in [6.45, 7) is 3.35. The minimum Gasteiger partial charge on any atom is -0.374 e. The van der Waals surface area contributed by atoms with E-state index in [1.165, 1.54) is 30.6 Å². The lowest BCUT2D eigenvalue weighted by Crippen LogP contribution is -2.19. The van der Waals surface area contributed by atoms with Crippen LogP contribution in [-0.2, 0) is 0 Å². The molecule has 1 aliphatic carbocycles. The summed E-state index contributed by atoms with van der Waals surface area (Å²) >= 11 is 0. The Labute approximate surface area is 80.4 Å². The molecule has 0 N–H and O–H groups in total. The highest BCUT2D eigenvalue weighted by Gasteiger charge is 2.22. The van der Waals surface area contributed by atoms with E-state index in [0.29, 0.717) is 0 Å². The normalized spacial score (nSPS) is 15.8. The van der Waals surface area contributed by atoms with Gasteiger partial charge in [0, 0.05) is 19.3 Å². The molecule has 0 atom stereocenters. The second-order valence-electron chi connectivity index (χ2n) is 4.16. The van der Waals surface area contributed by atoms with Crippen molar-refractivity contribution in [1.82, 2.24) is 0 Å². The second-order valence-corrected chi connectivity index (χ2v) is 4.16. The molecule has 0 amide bonds. The van der Waals surface area contributed by atoms with E-state index in [9.17, 15) is 0 Å². The van der Waals surface area contributed by atoms with Gasteiger partial charge in [-0.3, -0.25) is 0 Å². The Morgan fingerprint density at radius 2 is 1.85 bits per heavy atom. The zero-order chi connectivity index (χ0) is 9.26. The van der Waals surface area contributed by atoms with Crippen LogP contribution in [-0.4, -0.2) is 13.6 Å². The predicted octanol–water partition coefficient (Wildman–Crippen LogP) is 2.84. The van der Waals surface area contributed by atoms with Crippen LogP contribution >= 0.6 is 0 Å². The minimum absolute atomic E-state index is 0.964. The first-order chi connectivity index (χ1) is 6.25. The first-order valence-corrected chi connectivity index (χ1v) is 5.03. The molecular weight excluding hydrogens is 158 g/mol. The van der Waals surface area contributed by atoms with E-state index in [1.807, 2.05) is 0 Å². The Morgan fingerprint density at radius 1 is 1.23 bits per heavy atom. The van der Waals surface area contributed by atoms with Crippen molar-refractivity contribution in [3.05, 3.63) is 29.8 Å². The van der Waals surface area contributed by atoms with Gasteiger partial charge in [-0.25, -0.2) is 0 Å². The maximum atomic E-state index is 2.36. The van der Waals surface area contributed by atoms with Crippen LogP contribution < -0.4 is 4.90 Å².